The van der Waals surface area contributed by atoms with E-state index < -0.39 is 0 Å². The SMILES string of the molecule is CCCNC(Cc1ccnc(N)c1)CC(C)C. The molecule has 0 aromatic carbocycles. The molecule has 0 amide bonds. The van der Waals surface area contributed by atoms with Gasteiger partial charge in [-0.25, -0.2) is 4.98 Å². The van der Waals surface area contributed by atoms with Crippen molar-refractivity contribution in [1.29, 1.82) is 0 Å². The van der Waals surface area contributed by atoms with Gasteiger partial charge >= 0.3 is 0 Å². The van der Waals surface area contributed by atoms with Gasteiger partial charge in [-0.3, -0.25) is 0 Å². The molecule has 1 rings (SSSR count). The summed E-state index contributed by atoms with van der Waals surface area (Å²) in [6.07, 6.45) is 5.19. The summed E-state index contributed by atoms with van der Waals surface area (Å²) in [6, 6.07) is 4.56. The molecule has 3 nitrogen and oxygen atoms in total. The summed E-state index contributed by atoms with van der Waals surface area (Å²) < 4.78 is 0. The number of nitrogens with one attached hydrogen (secondary N) is 1. The lowest BCUT2D eigenvalue weighted by Gasteiger charge is -2.20. The topological polar surface area (TPSA) is 50.9 Å². The van der Waals surface area contributed by atoms with E-state index in [0.717, 1.165) is 13.0 Å². The van der Waals surface area contributed by atoms with Gasteiger partial charge in [0.15, 0.2) is 0 Å². The Kier molecular flexibility index (Phi) is 5.98. The molecule has 0 saturated heterocycles. The van der Waals surface area contributed by atoms with Crippen LogP contribution < -0.4 is 11.1 Å². The minimum absolute atomic E-state index is 0.539. The molecule has 1 aromatic heterocycles. The summed E-state index contributed by atoms with van der Waals surface area (Å²) in [4.78, 5) is 4.03. The summed E-state index contributed by atoms with van der Waals surface area (Å²) >= 11 is 0. The van der Waals surface area contributed by atoms with Gasteiger partial charge in [-0.2, -0.15) is 0 Å². The zero-order valence-electron chi connectivity index (χ0n) is 11.2. The molecular weight excluding hydrogens is 210 g/mol. The first-order valence-corrected chi connectivity index (χ1v) is 6.55. The number of nitrogens with two attached hydrogens (primary N) is 1. The van der Waals surface area contributed by atoms with Crippen LogP contribution in [0.2, 0.25) is 0 Å². The van der Waals surface area contributed by atoms with Gasteiger partial charge in [0.1, 0.15) is 5.82 Å². The Bertz CT molecular complexity index is 323. The van der Waals surface area contributed by atoms with Crippen LogP contribution in [0.4, 0.5) is 5.82 Å². The van der Waals surface area contributed by atoms with Gasteiger partial charge in [0.2, 0.25) is 0 Å². The van der Waals surface area contributed by atoms with Gasteiger partial charge in [0.05, 0.1) is 0 Å². The summed E-state index contributed by atoms with van der Waals surface area (Å²) in [7, 11) is 0. The number of anilines is 1. The summed E-state index contributed by atoms with van der Waals surface area (Å²) in [5.41, 5.74) is 6.97. The molecule has 1 heterocycles. The molecule has 3 heteroatoms. The van der Waals surface area contributed by atoms with Crippen LogP contribution in [-0.4, -0.2) is 17.6 Å². The summed E-state index contributed by atoms with van der Waals surface area (Å²) in [6.45, 7) is 7.81. The highest BCUT2D eigenvalue weighted by Gasteiger charge is 2.11. The van der Waals surface area contributed by atoms with Gasteiger partial charge in [0, 0.05) is 12.2 Å². The van der Waals surface area contributed by atoms with E-state index in [1.165, 1.54) is 18.4 Å². The molecule has 0 fully saturated rings. The fourth-order valence-electron chi connectivity index (χ4n) is 2.06. The third kappa shape index (κ3) is 5.68. The average Bonchev–Trinajstić information content (AvgIpc) is 2.25. The van der Waals surface area contributed by atoms with Gasteiger partial charge in [0.25, 0.3) is 0 Å². The van der Waals surface area contributed by atoms with Crippen molar-refractivity contribution >= 4 is 5.82 Å². The number of hydrogen-bond donors (Lipinski definition) is 2. The Labute approximate surface area is 105 Å². The van der Waals surface area contributed by atoms with Crippen molar-refractivity contribution in [3.8, 4) is 0 Å². The van der Waals surface area contributed by atoms with Crippen LogP contribution in [0.25, 0.3) is 0 Å². The fourth-order valence-corrected chi connectivity index (χ4v) is 2.06. The van der Waals surface area contributed by atoms with Crippen LogP contribution in [0, 0.1) is 5.92 Å². The van der Waals surface area contributed by atoms with Crippen molar-refractivity contribution in [3.05, 3.63) is 23.9 Å². The van der Waals surface area contributed by atoms with E-state index in [1.54, 1.807) is 6.20 Å². The van der Waals surface area contributed by atoms with Crippen molar-refractivity contribution < 1.29 is 0 Å². The van der Waals surface area contributed by atoms with Crippen molar-refractivity contribution in [2.45, 2.75) is 46.1 Å². The smallest absolute Gasteiger partial charge is 0.123 e. The largest absolute Gasteiger partial charge is 0.384 e. The lowest BCUT2D eigenvalue weighted by molar-refractivity contribution is 0.416. The van der Waals surface area contributed by atoms with Crippen molar-refractivity contribution in [1.82, 2.24) is 10.3 Å². The molecule has 1 unspecified atom stereocenters. The maximum atomic E-state index is 5.70. The van der Waals surface area contributed by atoms with E-state index in [-0.39, 0.29) is 0 Å². The molecule has 0 radical (unpaired) electrons. The number of pyridine rings is 1. The van der Waals surface area contributed by atoms with Gasteiger partial charge in [-0.15, -0.1) is 0 Å². The fraction of sp³-hybridized carbons (Fsp3) is 0.643. The van der Waals surface area contributed by atoms with Crippen LogP contribution in [-0.2, 0) is 6.42 Å². The molecule has 0 aliphatic rings. The molecule has 0 aliphatic carbocycles. The third-order valence-corrected chi connectivity index (χ3v) is 2.77. The standard InChI is InChI=1S/C14H25N3/c1-4-6-16-13(8-11(2)3)9-12-5-7-17-14(15)10-12/h5,7,10-11,13,16H,4,6,8-9H2,1-3H3,(H2,15,17). The highest BCUT2D eigenvalue weighted by molar-refractivity contribution is 5.32. The maximum absolute atomic E-state index is 5.70. The number of aromatic nitrogens is 1. The van der Waals surface area contributed by atoms with Gasteiger partial charge < -0.3 is 11.1 Å². The first kappa shape index (κ1) is 14.0. The minimum atomic E-state index is 0.539. The molecule has 1 aromatic rings. The van der Waals surface area contributed by atoms with Crippen molar-refractivity contribution in [3.63, 3.8) is 0 Å². The predicted octanol–water partition coefficient (Wildman–Crippen LogP) is 2.62. The monoisotopic (exact) mass is 235 g/mol. The number of nitrogens with zero attached hydrogens (tertiary/aromatic N) is 1. The highest BCUT2D eigenvalue weighted by atomic mass is 14.9. The second kappa shape index (κ2) is 7.28. The predicted molar refractivity (Wildman–Crippen MR) is 73.9 cm³/mol. The van der Waals surface area contributed by atoms with E-state index in [1.807, 2.05) is 6.07 Å². The van der Waals surface area contributed by atoms with Gasteiger partial charge in [-0.05, 0) is 49.4 Å². The van der Waals surface area contributed by atoms with E-state index in [2.05, 4.69) is 37.1 Å². The lowest BCUT2D eigenvalue weighted by atomic mass is 9.97. The quantitative estimate of drug-likeness (QED) is 0.764. The Hall–Kier alpha value is -1.09. The Morgan fingerprint density at radius 3 is 2.76 bits per heavy atom. The van der Waals surface area contributed by atoms with E-state index in [9.17, 15) is 0 Å². The number of rotatable bonds is 7. The zero-order chi connectivity index (χ0) is 12.7. The molecule has 0 spiro atoms. The minimum Gasteiger partial charge on any atom is -0.384 e. The zero-order valence-corrected chi connectivity index (χ0v) is 11.2. The average molecular weight is 235 g/mol. The molecule has 0 aliphatic heterocycles. The molecule has 0 saturated carbocycles. The second-order valence-electron chi connectivity index (χ2n) is 5.07. The summed E-state index contributed by atoms with van der Waals surface area (Å²) in [5.74, 6) is 1.32. The first-order valence-electron chi connectivity index (χ1n) is 6.55. The van der Waals surface area contributed by atoms with Crippen LogP contribution in [0.3, 0.4) is 0 Å². The summed E-state index contributed by atoms with van der Waals surface area (Å²) in [5, 5.41) is 3.61. The van der Waals surface area contributed by atoms with Gasteiger partial charge in [-0.1, -0.05) is 20.8 Å². The second-order valence-corrected chi connectivity index (χ2v) is 5.07. The molecule has 96 valence electrons. The normalized spacial score (nSPS) is 12.9. The van der Waals surface area contributed by atoms with Crippen LogP contribution in [0.5, 0.6) is 0 Å². The Balaban J connectivity index is 2.58. The molecule has 0 bridgehead atoms. The number of nitrogen functional groups attached to an aromatic ring is 1. The molecule has 1 atom stereocenters. The Morgan fingerprint density at radius 1 is 1.41 bits per heavy atom. The van der Waals surface area contributed by atoms with E-state index in [4.69, 9.17) is 5.73 Å². The first-order chi connectivity index (χ1) is 8.11. The van der Waals surface area contributed by atoms with E-state index >= 15 is 0 Å². The molecule has 3 N–H and O–H groups in total. The van der Waals surface area contributed by atoms with Crippen LogP contribution >= 0.6 is 0 Å². The molecule has 17 heavy (non-hydrogen) atoms. The van der Waals surface area contributed by atoms with Crippen molar-refractivity contribution in [2.75, 3.05) is 12.3 Å². The number of hydrogen-bond acceptors (Lipinski definition) is 3. The molecular formula is C14H25N3. The lowest BCUT2D eigenvalue weighted by Crippen LogP contribution is -2.33. The van der Waals surface area contributed by atoms with Crippen LogP contribution in [0.1, 0.15) is 39.2 Å². The third-order valence-electron chi connectivity index (χ3n) is 2.77. The highest BCUT2D eigenvalue weighted by Crippen LogP contribution is 2.12. The van der Waals surface area contributed by atoms with Crippen molar-refractivity contribution in [2.24, 2.45) is 5.92 Å². The Morgan fingerprint density at radius 2 is 2.18 bits per heavy atom. The van der Waals surface area contributed by atoms with Crippen LogP contribution in [0.15, 0.2) is 18.3 Å². The maximum Gasteiger partial charge on any atom is 0.123 e. The van der Waals surface area contributed by atoms with E-state index in [0.29, 0.717) is 17.8 Å².